The van der Waals surface area contributed by atoms with Gasteiger partial charge in [-0.15, -0.1) is 4.20 Å². The standard InChI is InChI=1S/C4H6F5O3P/c1-2-3(5,6)4(7,8)12-13(9,10)11/h2H2,1H3,(H,10,11). The summed E-state index contributed by atoms with van der Waals surface area (Å²) >= 11 is 0. The van der Waals surface area contributed by atoms with E-state index < -0.39 is 26.4 Å². The molecule has 0 aliphatic rings. The number of rotatable bonds is 4. The summed E-state index contributed by atoms with van der Waals surface area (Å²) in [5.74, 6) is -4.68. The Bertz CT molecular complexity index is 224. The highest BCUT2D eigenvalue weighted by Gasteiger charge is 2.60. The molecule has 0 saturated carbocycles. The summed E-state index contributed by atoms with van der Waals surface area (Å²) < 4.78 is 72.4. The molecule has 3 nitrogen and oxygen atoms in total. The Labute approximate surface area is 70.2 Å². The molecule has 0 amide bonds. The Morgan fingerprint density at radius 1 is 1.38 bits per heavy atom. The van der Waals surface area contributed by atoms with Crippen molar-refractivity contribution in [2.75, 3.05) is 0 Å². The fourth-order valence-electron chi connectivity index (χ4n) is 0.414. The van der Waals surface area contributed by atoms with Crippen molar-refractivity contribution in [3.05, 3.63) is 0 Å². The van der Waals surface area contributed by atoms with Crippen molar-refractivity contribution in [1.82, 2.24) is 0 Å². The van der Waals surface area contributed by atoms with Crippen LogP contribution in [0.3, 0.4) is 0 Å². The maximum atomic E-state index is 12.2. The van der Waals surface area contributed by atoms with Crippen LogP contribution in [0.4, 0.5) is 21.8 Å². The van der Waals surface area contributed by atoms with Crippen LogP contribution in [0.2, 0.25) is 0 Å². The van der Waals surface area contributed by atoms with E-state index in [1.807, 2.05) is 0 Å². The number of alkyl halides is 4. The molecule has 0 aliphatic heterocycles. The highest BCUT2D eigenvalue weighted by Crippen LogP contribution is 2.53. The van der Waals surface area contributed by atoms with E-state index in [-0.39, 0.29) is 0 Å². The van der Waals surface area contributed by atoms with Gasteiger partial charge in [0, 0.05) is 6.42 Å². The van der Waals surface area contributed by atoms with Crippen LogP contribution in [0.5, 0.6) is 0 Å². The van der Waals surface area contributed by atoms with Gasteiger partial charge in [0.1, 0.15) is 0 Å². The molecule has 1 unspecified atom stereocenters. The third-order valence-corrected chi connectivity index (χ3v) is 1.55. The third kappa shape index (κ3) is 3.58. The predicted molar refractivity (Wildman–Crippen MR) is 32.2 cm³/mol. The fraction of sp³-hybridized carbons (Fsp3) is 1.00. The van der Waals surface area contributed by atoms with Gasteiger partial charge in [0.15, 0.2) is 0 Å². The van der Waals surface area contributed by atoms with Gasteiger partial charge >= 0.3 is 19.9 Å². The van der Waals surface area contributed by atoms with Crippen molar-refractivity contribution in [2.24, 2.45) is 0 Å². The Morgan fingerprint density at radius 3 is 2.00 bits per heavy atom. The number of hydrogen-bond donors (Lipinski definition) is 1. The zero-order chi connectivity index (χ0) is 10.9. The average Bonchev–Trinajstić information content (AvgIpc) is 1.81. The predicted octanol–water partition coefficient (Wildman–Crippen LogP) is 2.71. The van der Waals surface area contributed by atoms with Crippen molar-refractivity contribution >= 4 is 7.91 Å². The minimum absolute atomic E-state index is 0.692. The largest absolute Gasteiger partial charge is 0.515 e. The number of hydrogen-bond acceptors (Lipinski definition) is 2. The van der Waals surface area contributed by atoms with Gasteiger partial charge in [-0.3, -0.25) is 4.89 Å². The first kappa shape index (κ1) is 12.8. The Kier molecular flexibility index (Phi) is 3.46. The van der Waals surface area contributed by atoms with E-state index in [2.05, 4.69) is 4.52 Å². The van der Waals surface area contributed by atoms with Crippen LogP contribution in [0.25, 0.3) is 0 Å². The second kappa shape index (κ2) is 3.51. The SMILES string of the molecule is CCC(F)(F)C(F)(F)OP(=O)(O)F. The Balaban J connectivity index is 4.68. The Morgan fingerprint density at radius 2 is 1.77 bits per heavy atom. The van der Waals surface area contributed by atoms with Crippen LogP contribution in [0, 0.1) is 0 Å². The smallest absolute Gasteiger partial charge is 0.299 e. The Hall–Kier alpha value is -0.200. The molecule has 13 heavy (non-hydrogen) atoms. The fourth-order valence-corrected chi connectivity index (χ4v) is 0.830. The molecule has 0 aromatic rings. The molecule has 0 spiro atoms. The lowest BCUT2D eigenvalue weighted by molar-refractivity contribution is -0.313. The molecule has 0 rings (SSSR count). The molecule has 1 N–H and O–H groups in total. The molecule has 0 aromatic carbocycles. The summed E-state index contributed by atoms with van der Waals surface area (Å²) in [5.41, 5.74) is 0. The van der Waals surface area contributed by atoms with Crippen molar-refractivity contribution in [2.45, 2.75) is 25.4 Å². The highest BCUT2D eigenvalue weighted by atomic mass is 31.2. The van der Waals surface area contributed by atoms with Gasteiger partial charge in [0.25, 0.3) is 0 Å². The molecular formula is C4H6F5O3P. The van der Waals surface area contributed by atoms with Gasteiger partial charge in [-0.25, -0.2) is 9.09 Å². The average molecular weight is 228 g/mol. The topological polar surface area (TPSA) is 46.5 Å². The second-order valence-corrected chi connectivity index (χ2v) is 3.20. The first-order chi connectivity index (χ1) is 5.52. The monoisotopic (exact) mass is 228 g/mol. The van der Waals surface area contributed by atoms with Gasteiger partial charge in [-0.05, 0) is 0 Å². The van der Waals surface area contributed by atoms with Crippen LogP contribution >= 0.6 is 7.91 Å². The summed E-state index contributed by atoms with van der Waals surface area (Å²) in [7, 11) is -6.13. The van der Waals surface area contributed by atoms with E-state index in [9.17, 15) is 26.3 Å². The van der Waals surface area contributed by atoms with E-state index in [0.717, 1.165) is 0 Å². The lowest BCUT2D eigenvalue weighted by Crippen LogP contribution is -2.41. The highest BCUT2D eigenvalue weighted by molar-refractivity contribution is 7.46. The van der Waals surface area contributed by atoms with Crippen molar-refractivity contribution in [1.29, 1.82) is 0 Å². The van der Waals surface area contributed by atoms with Crippen LogP contribution in [0.15, 0.2) is 0 Å². The van der Waals surface area contributed by atoms with Crippen LogP contribution in [-0.2, 0) is 9.09 Å². The van der Waals surface area contributed by atoms with Crippen molar-refractivity contribution in [3.63, 3.8) is 0 Å². The van der Waals surface area contributed by atoms with Crippen molar-refractivity contribution in [3.8, 4) is 0 Å². The van der Waals surface area contributed by atoms with E-state index in [1.165, 1.54) is 0 Å². The zero-order valence-electron chi connectivity index (χ0n) is 6.31. The summed E-state index contributed by atoms with van der Waals surface area (Å²) in [6, 6.07) is 0. The first-order valence-electron chi connectivity index (χ1n) is 3.00. The maximum absolute atomic E-state index is 12.2. The van der Waals surface area contributed by atoms with Gasteiger partial charge < -0.3 is 0 Å². The molecule has 0 saturated heterocycles. The van der Waals surface area contributed by atoms with E-state index in [4.69, 9.17) is 4.89 Å². The molecule has 80 valence electrons. The van der Waals surface area contributed by atoms with E-state index in [1.54, 1.807) is 0 Å². The minimum Gasteiger partial charge on any atom is -0.299 e. The van der Waals surface area contributed by atoms with Gasteiger partial charge in [0.05, 0.1) is 0 Å². The van der Waals surface area contributed by atoms with E-state index in [0.29, 0.717) is 6.92 Å². The molecule has 1 atom stereocenters. The molecule has 0 radical (unpaired) electrons. The van der Waals surface area contributed by atoms with Crippen LogP contribution in [-0.4, -0.2) is 16.9 Å². The molecular weight excluding hydrogens is 222 g/mol. The van der Waals surface area contributed by atoms with Gasteiger partial charge in [-0.1, -0.05) is 6.92 Å². The molecule has 0 heterocycles. The molecule has 0 aromatic heterocycles. The minimum atomic E-state index is -6.13. The van der Waals surface area contributed by atoms with Crippen molar-refractivity contribution < 1.29 is 35.7 Å². The zero-order valence-corrected chi connectivity index (χ0v) is 7.20. The van der Waals surface area contributed by atoms with Crippen LogP contribution < -0.4 is 0 Å². The molecule has 0 aliphatic carbocycles. The quantitative estimate of drug-likeness (QED) is 0.594. The summed E-state index contributed by atoms with van der Waals surface area (Å²) in [5, 5.41) is 0. The van der Waals surface area contributed by atoms with Gasteiger partial charge in [0.2, 0.25) is 0 Å². The third-order valence-electron chi connectivity index (χ3n) is 1.10. The maximum Gasteiger partial charge on any atom is 0.515 e. The summed E-state index contributed by atoms with van der Waals surface area (Å²) in [6.45, 7) is 0.692. The first-order valence-corrected chi connectivity index (χ1v) is 4.47. The molecule has 0 fully saturated rings. The van der Waals surface area contributed by atoms with Crippen LogP contribution in [0.1, 0.15) is 13.3 Å². The van der Waals surface area contributed by atoms with Gasteiger partial charge in [-0.2, -0.15) is 17.6 Å². The normalized spacial score (nSPS) is 18.4. The lowest BCUT2D eigenvalue weighted by Gasteiger charge is -2.24. The molecule has 0 bridgehead atoms. The lowest BCUT2D eigenvalue weighted by atomic mass is 10.2. The second-order valence-electron chi connectivity index (χ2n) is 2.12. The summed E-state index contributed by atoms with van der Waals surface area (Å²) in [6.07, 6.45) is -6.64. The number of halogens is 5. The molecule has 9 heteroatoms. The van der Waals surface area contributed by atoms with E-state index >= 15 is 0 Å². The summed E-state index contributed by atoms with van der Waals surface area (Å²) in [4.78, 5) is 7.67.